The second kappa shape index (κ2) is 5.78. The van der Waals surface area contributed by atoms with Gasteiger partial charge in [-0.25, -0.2) is 0 Å². The molecule has 2 atom stereocenters. The number of nitrogens with zero attached hydrogens (tertiary/aromatic N) is 1. The van der Waals surface area contributed by atoms with Gasteiger partial charge in [-0.2, -0.15) is 13.2 Å². The predicted octanol–water partition coefficient (Wildman–Crippen LogP) is 2.65. The van der Waals surface area contributed by atoms with E-state index < -0.39 is 12.7 Å². The van der Waals surface area contributed by atoms with Gasteiger partial charge in [0.25, 0.3) is 0 Å². The number of hydrogen-bond acceptors (Lipinski definition) is 2. The largest absolute Gasteiger partial charge is 0.401 e. The molecule has 0 bridgehead atoms. The summed E-state index contributed by atoms with van der Waals surface area (Å²) < 4.78 is 36.7. The van der Waals surface area contributed by atoms with Crippen LogP contribution < -0.4 is 5.32 Å². The van der Waals surface area contributed by atoms with Crippen LogP contribution in [0.2, 0.25) is 0 Å². The van der Waals surface area contributed by atoms with E-state index in [0.29, 0.717) is 5.92 Å². The molecule has 2 unspecified atom stereocenters. The zero-order chi connectivity index (χ0) is 13.2. The molecule has 2 fully saturated rings. The Labute approximate surface area is 107 Å². The average molecular weight is 264 g/mol. The average Bonchev–Trinajstić information content (AvgIpc) is 3.09. The molecule has 1 heterocycles. The summed E-state index contributed by atoms with van der Waals surface area (Å²) in [7, 11) is 0. The topological polar surface area (TPSA) is 15.3 Å². The third kappa shape index (κ3) is 4.76. The van der Waals surface area contributed by atoms with E-state index in [9.17, 15) is 13.2 Å². The van der Waals surface area contributed by atoms with Crippen molar-refractivity contribution in [2.75, 3.05) is 26.2 Å². The second-order valence-corrected chi connectivity index (χ2v) is 5.83. The SMILES string of the molecule is CCN1CC(CC2CC2)CC(NCC(F)(F)F)C1. The molecule has 106 valence electrons. The Morgan fingerprint density at radius 3 is 2.44 bits per heavy atom. The van der Waals surface area contributed by atoms with E-state index in [-0.39, 0.29) is 6.04 Å². The molecule has 0 amide bonds. The number of alkyl halides is 3. The Morgan fingerprint density at radius 2 is 1.89 bits per heavy atom. The zero-order valence-corrected chi connectivity index (χ0v) is 11.0. The van der Waals surface area contributed by atoms with Crippen LogP contribution in [0.4, 0.5) is 13.2 Å². The Bertz CT molecular complexity index is 263. The number of piperidine rings is 1. The zero-order valence-electron chi connectivity index (χ0n) is 11.0. The van der Waals surface area contributed by atoms with Crippen molar-refractivity contribution in [1.29, 1.82) is 0 Å². The van der Waals surface area contributed by atoms with Crippen molar-refractivity contribution < 1.29 is 13.2 Å². The van der Waals surface area contributed by atoms with E-state index in [1.807, 2.05) is 0 Å². The van der Waals surface area contributed by atoms with Crippen molar-refractivity contribution in [2.24, 2.45) is 11.8 Å². The molecular weight excluding hydrogens is 241 g/mol. The Hall–Kier alpha value is -0.290. The molecule has 1 saturated carbocycles. The van der Waals surface area contributed by atoms with Gasteiger partial charge in [-0.15, -0.1) is 0 Å². The lowest BCUT2D eigenvalue weighted by atomic mass is 9.89. The number of likely N-dealkylation sites (N-methyl/N-ethyl adjacent to an activating group) is 1. The van der Waals surface area contributed by atoms with E-state index >= 15 is 0 Å². The number of likely N-dealkylation sites (tertiary alicyclic amines) is 1. The van der Waals surface area contributed by atoms with Crippen LogP contribution in [0.25, 0.3) is 0 Å². The van der Waals surface area contributed by atoms with Crippen LogP contribution in [-0.4, -0.2) is 43.3 Å². The van der Waals surface area contributed by atoms with Gasteiger partial charge in [-0.3, -0.25) is 0 Å². The Kier molecular flexibility index (Phi) is 4.54. The predicted molar refractivity (Wildman–Crippen MR) is 65.4 cm³/mol. The van der Waals surface area contributed by atoms with Gasteiger partial charge < -0.3 is 10.2 Å². The van der Waals surface area contributed by atoms with Crippen LogP contribution in [0.1, 0.15) is 32.6 Å². The normalized spacial score (nSPS) is 30.7. The van der Waals surface area contributed by atoms with E-state index in [1.54, 1.807) is 0 Å². The summed E-state index contributed by atoms with van der Waals surface area (Å²) in [4.78, 5) is 2.28. The fourth-order valence-electron chi connectivity index (χ4n) is 2.96. The standard InChI is InChI=1S/C13H23F3N2/c1-2-18-7-11(5-10-3-4-10)6-12(8-18)17-9-13(14,15)16/h10-12,17H,2-9H2,1H3. The lowest BCUT2D eigenvalue weighted by Gasteiger charge is -2.38. The van der Waals surface area contributed by atoms with E-state index in [4.69, 9.17) is 0 Å². The third-order valence-corrected chi connectivity index (χ3v) is 4.01. The highest BCUT2D eigenvalue weighted by Crippen LogP contribution is 2.37. The molecule has 18 heavy (non-hydrogen) atoms. The summed E-state index contributed by atoms with van der Waals surface area (Å²) in [6.45, 7) is 3.99. The highest BCUT2D eigenvalue weighted by atomic mass is 19.4. The molecule has 0 aromatic carbocycles. The first-order chi connectivity index (χ1) is 8.46. The fourth-order valence-corrected chi connectivity index (χ4v) is 2.96. The van der Waals surface area contributed by atoms with Crippen molar-refractivity contribution in [1.82, 2.24) is 10.2 Å². The first-order valence-corrected chi connectivity index (χ1v) is 6.98. The second-order valence-electron chi connectivity index (χ2n) is 5.83. The molecule has 0 radical (unpaired) electrons. The van der Waals surface area contributed by atoms with Gasteiger partial charge in [0.15, 0.2) is 0 Å². The van der Waals surface area contributed by atoms with Gasteiger partial charge in [0.1, 0.15) is 0 Å². The molecule has 1 N–H and O–H groups in total. The first-order valence-electron chi connectivity index (χ1n) is 6.98. The quantitative estimate of drug-likeness (QED) is 0.821. The Balaban J connectivity index is 1.80. The Morgan fingerprint density at radius 1 is 1.17 bits per heavy atom. The maximum atomic E-state index is 12.2. The third-order valence-electron chi connectivity index (χ3n) is 4.01. The highest BCUT2D eigenvalue weighted by molar-refractivity contribution is 4.87. The van der Waals surface area contributed by atoms with Crippen molar-refractivity contribution in [3.05, 3.63) is 0 Å². The lowest BCUT2D eigenvalue weighted by Crippen LogP contribution is -2.51. The lowest BCUT2D eigenvalue weighted by molar-refractivity contribution is -0.127. The molecule has 5 heteroatoms. The molecule has 1 saturated heterocycles. The monoisotopic (exact) mass is 264 g/mol. The minimum absolute atomic E-state index is 0.00377. The summed E-state index contributed by atoms with van der Waals surface area (Å²) >= 11 is 0. The van der Waals surface area contributed by atoms with Crippen LogP contribution in [0, 0.1) is 11.8 Å². The van der Waals surface area contributed by atoms with Crippen molar-refractivity contribution >= 4 is 0 Å². The first kappa shape index (κ1) is 14.1. The minimum Gasteiger partial charge on any atom is -0.305 e. The van der Waals surface area contributed by atoms with E-state index in [2.05, 4.69) is 17.1 Å². The number of rotatable bonds is 5. The molecule has 2 rings (SSSR count). The maximum Gasteiger partial charge on any atom is 0.401 e. The number of halogens is 3. The van der Waals surface area contributed by atoms with Gasteiger partial charge in [0.05, 0.1) is 6.54 Å². The smallest absolute Gasteiger partial charge is 0.305 e. The molecule has 0 spiro atoms. The van der Waals surface area contributed by atoms with Crippen molar-refractivity contribution in [3.63, 3.8) is 0 Å². The molecule has 1 aliphatic heterocycles. The maximum absolute atomic E-state index is 12.2. The van der Waals surface area contributed by atoms with Gasteiger partial charge in [-0.1, -0.05) is 19.8 Å². The molecule has 0 aromatic heterocycles. The number of hydrogen-bond donors (Lipinski definition) is 1. The molecule has 2 nitrogen and oxygen atoms in total. The van der Waals surface area contributed by atoms with Gasteiger partial charge in [0, 0.05) is 19.1 Å². The molecule has 1 aliphatic carbocycles. The van der Waals surface area contributed by atoms with Crippen molar-refractivity contribution in [2.45, 2.75) is 44.8 Å². The van der Waals surface area contributed by atoms with Crippen LogP contribution in [0.5, 0.6) is 0 Å². The van der Waals surface area contributed by atoms with E-state index in [0.717, 1.165) is 32.0 Å². The van der Waals surface area contributed by atoms with Crippen LogP contribution in [0.15, 0.2) is 0 Å². The van der Waals surface area contributed by atoms with Gasteiger partial charge in [0.2, 0.25) is 0 Å². The number of nitrogens with one attached hydrogen (secondary N) is 1. The summed E-state index contributed by atoms with van der Waals surface area (Å²) in [5.41, 5.74) is 0. The van der Waals surface area contributed by atoms with Crippen LogP contribution in [0.3, 0.4) is 0 Å². The summed E-state index contributed by atoms with van der Waals surface area (Å²) in [6.07, 6.45) is 0.663. The fraction of sp³-hybridized carbons (Fsp3) is 1.00. The molecular formula is C13H23F3N2. The van der Waals surface area contributed by atoms with Crippen LogP contribution >= 0.6 is 0 Å². The van der Waals surface area contributed by atoms with Crippen LogP contribution in [-0.2, 0) is 0 Å². The van der Waals surface area contributed by atoms with Gasteiger partial charge in [-0.05, 0) is 31.2 Å². The molecule has 2 aliphatic rings. The molecule has 0 aromatic rings. The summed E-state index contributed by atoms with van der Waals surface area (Å²) in [5, 5.41) is 2.68. The van der Waals surface area contributed by atoms with Gasteiger partial charge >= 0.3 is 6.18 Å². The van der Waals surface area contributed by atoms with Crippen molar-refractivity contribution in [3.8, 4) is 0 Å². The van der Waals surface area contributed by atoms with E-state index in [1.165, 1.54) is 19.3 Å². The highest BCUT2D eigenvalue weighted by Gasteiger charge is 2.34. The summed E-state index contributed by atoms with van der Waals surface area (Å²) in [5.74, 6) is 1.44. The minimum atomic E-state index is -4.10. The summed E-state index contributed by atoms with van der Waals surface area (Å²) in [6, 6.07) is 0.00377.